The molecule has 3 N–H and O–H groups in total. The van der Waals surface area contributed by atoms with Gasteiger partial charge in [-0.1, -0.05) is 23.7 Å². The molecule has 0 radical (unpaired) electrons. The Morgan fingerprint density at radius 1 is 1.10 bits per heavy atom. The summed E-state index contributed by atoms with van der Waals surface area (Å²) in [6, 6.07) is 10.3. The van der Waals surface area contributed by atoms with E-state index in [0.29, 0.717) is 10.6 Å². The highest BCUT2D eigenvalue weighted by atomic mass is 35.5. The van der Waals surface area contributed by atoms with Gasteiger partial charge in [-0.3, -0.25) is 4.79 Å². The molecule has 0 bridgehead atoms. The lowest BCUT2D eigenvalue weighted by Gasteiger charge is -2.09. The molecule has 1 amide bonds. The fourth-order valence-corrected chi connectivity index (χ4v) is 1.83. The third-order valence-corrected chi connectivity index (χ3v) is 2.84. The van der Waals surface area contributed by atoms with Gasteiger partial charge < -0.3 is 15.5 Å². The second kappa shape index (κ2) is 5.63. The number of hydrogen-bond acceptors (Lipinski definition) is 3. The highest BCUT2D eigenvalue weighted by Crippen LogP contribution is 2.28. The van der Waals surface area contributed by atoms with E-state index in [1.165, 1.54) is 24.3 Å². The van der Waals surface area contributed by atoms with Gasteiger partial charge in [0.2, 0.25) is 0 Å². The van der Waals surface area contributed by atoms with Crippen molar-refractivity contribution in [2.45, 2.75) is 0 Å². The van der Waals surface area contributed by atoms with E-state index in [9.17, 15) is 14.7 Å². The van der Waals surface area contributed by atoms with Gasteiger partial charge in [0.15, 0.2) is 5.75 Å². The molecule has 2 rings (SSSR count). The van der Waals surface area contributed by atoms with Crippen molar-refractivity contribution in [2.24, 2.45) is 0 Å². The maximum absolute atomic E-state index is 12.0. The fraction of sp³-hybridized carbons (Fsp3) is 0. The lowest BCUT2D eigenvalue weighted by Crippen LogP contribution is -2.12. The normalized spacial score (nSPS) is 10.1. The summed E-state index contributed by atoms with van der Waals surface area (Å²) in [6.45, 7) is 0. The molecule has 0 aliphatic carbocycles. The van der Waals surface area contributed by atoms with E-state index >= 15 is 0 Å². The summed E-state index contributed by atoms with van der Waals surface area (Å²) in [5.74, 6) is -2.26. The summed E-state index contributed by atoms with van der Waals surface area (Å²) in [5.41, 5.74) is 0.0430. The van der Waals surface area contributed by atoms with Crippen molar-refractivity contribution in [3.05, 3.63) is 58.6 Å². The van der Waals surface area contributed by atoms with Crippen molar-refractivity contribution >= 4 is 29.2 Å². The summed E-state index contributed by atoms with van der Waals surface area (Å²) in [5, 5.41) is 21.5. The Bertz CT molecular complexity index is 685. The minimum atomic E-state index is -1.28. The van der Waals surface area contributed by atoms with Crippen molar-refractivity contribution < 1.29 is 19.8 Å². The molecule has 0 unspecified atom stereocenters. The predicted octanol–water partition coefficient (Wildman–Crippen LogP) is 3.00. The first-order valence-electron chi connectivity index (χ1n) is 5.61. The van der Waals surface area contributed by atoms with Gasteiger partial charge in [0, 0.05) is 10.6 Å². The van der Waals surface area contributed by atoms with Crippen molar-refractivity contribution in [3.63, 3.8) is 0 Å². The maximum Gasteiger partial charge on any atom is 0.339 e. The van der Waals surface area contributed by atoms with Crippen LogP contribution in [0.3, 0.4) is 0 Å². The highest BCUT2D eigenvalue weighted by Gasteiger charge is 2.15. The molecular weight excluding hydrogens is 282 g/mol. The van der Waals surface area contributed by atoms with Crippen molar-refractivity contribution in [2.75, 3.05) is 5.32 Å². The number of aromatic carboxylic acids is 1. The molecule has 5 nitrogen and oxygen atoms in total. The summed E-state index contributed by atoms with van der Waals surface area (Å²) >= 11 is 5.78. The molecule has 102 valence electrons. The zero-order valence-corrected chi connectivity index (χ0v) is 10.9. The van der Waals surface area contributed by atoms with E-state index in [4.69, 9.17) is 16.7 Å². The zero-order chi connectivity index (χ0) is 14.7. The Morgan fingerprint density at radius 2 is 1.80 bits per heavy atom. The van der Waals surface area contributed by atoms with Crippen LogP contribution in [0.15, 0.2) is 42.5 Å². The van der Waals surface area contributed by atoms with Crippen LogP contribution >= 0.6 is 11.6 Å². The number of carbonyl (C=O) groups is 2. The zero-order valence-electron chi connectivity index (χ0n) is 10.1. The quantitative estimate of drug-likeness (QED) is 0.759. The van der Waals surface area contributed by atoms with E-state index in [1.807, 2.05) is 0 Å². The Labute approximate surface area is 119 Å². The number of carboxylic acid groups (broad SMARTS) is 1. The molecule has 0 saturated carbocycles. The number of benzene rings is 2. The monoisotopic (exact) mass is 291 g/mol. The van der Waals surface area contributed by atoms with Crippen LogP contribution < -0.4 is 5.32 Å². The molecule has 6 heteroatoms. The lowest BCUT2D eigenvalue weighted by atomic mass is 10.1. The molecule has 0 saturated heterocycles. The van der Waals surface area contributed by atoms with Gasteiger partial charge in [-0.25, -0.2) is 4.79 Å². The van der Waals surface area contributed by atoms with Crippen LogP contribution in [0.1, 0.15) is 20.7 Å². The lowest BCUT2D eigenvalue weighted by molar-refractivity contribution is 0.0693. The molecule has 0 aliphatic rings. The average Bonchev–Trinajstić information content (AvgIpc) is 2.40. The number of amides is 1. The van der Waals surface area contributed by atoms with Crippen LogP contribution in [-0.2, 0) is 0 Å². The number of hydrogen-bond donors (Lipinski definition) is 3. The van der Waals surface area contributed by atoms with Crippen molar-refractivity contribution in [1.29, 1.82) is 0 Å². The SMILES string of the molecule is O=C(Nc1cccc(C(=O)O)c1O)c1cccc(Cl)c1. The third-order valence-electron chi connectivity index (χ3n) is 2.60. The largest absolute Gasteiger partial charge is 0.505 e. The Hall–Kier alpha value is -2.53. The fourth-order valence-electron chi connectivity index (χ4n) is 1.64. The molecule has 2 aromatic carbocycles. The van der Waals surface area contributed by atoms with Crippen LogP contribution in [0.4, 0.5) is 5.69 Å². The molecular formula is C14H10ClNO4. The standard InChI is InChI=1S/C14H10ClNO4/c15-9-4-1-3-8(7-9)13(18)16-11-6-2-5-10(12(11)17)14(19)20/h1-7,17H,(H,16,18)(H,19,20). The average molecular weight is 292 g/mol. The Kier molecular flexibility index (Phi) is 3.91. The van der Waals surface area contributed by atoms with Gasteiger partial charge in [0.1, 0.15) is 5.56 Å². The van der Waals surface area contributed by atoms with Gasteiger partial charge in [-0.05, 0) is 30.3 Å². The molecule has 0 fully saturated rings. The number of phenols is 1. The number of aromatic hydroxyl groups is 1. The summed E-state index contributed by atoms with van der Waals surface area (Å²) < 4.78 is 0. The highest BCUT2D eigenvalue weighted by molar-refractivity contribution is 6.31. The number of carboxylic acids is 1. The van der Waals surface area contributed by atoms with Crippen LogP contribution in [0, 0.1) is 0 Å². The smallest absolute Gasteiger partial charge is 0.339 e. The van der Waals surface area contributed by atoms with Crippen molar-refractivity contribution in [1.82, 2.24) is 0 Å². The first-order chi connectivity index (χ1) is 9.49. The Morgan fingerprint density at radius 3 is 2.45 bits per heavy atom. The number of anilines is 1. The second-order valence-corrected chi connectivity index (χ2v) is 4.41. The number of nitrogens with one attached hydrogen (secondary N) is 1. The molecule has 20 heavy (non-hydrogen) atoms. The van der Waals surface area contributed by atoms with Crippen molar-refractivity contribution in [3.8, 4) is 5.75 Å². The van der Waals surface area contributed by atoms with Gasteiger partial charge in [-0.2, -0.15) is 0 Å². The molecule has 0 atom stereocenters. The number of carbonyl (C=O) groups excluding carboxylic acids is 1. The number of para-hydroxylation sites is 1. The van der Waals surface area contributed by atoms with Crippen LogP contribution in [-0.4, -0.2) is 22.1 Å². The van der Waals surface area contributed by atoms with Crippen LogP contribution in [0.2, 0.25) is 5.02 Å². The van der Waals surface area contributed by atoms with E-state index in [2.05, 4.69) is 5.32 Å². The first-order valence-corrected chi connectivity index (χ1v) is 5.99. The van der Waals surface area contributed by atoms with Crippen LogP contribution in [0.5, 0.6) is 5.75 Å². The van der Waals surface area contributed by atoms with Crippen LogP contribution in [0.25, 0.3) is 0 Å². The van der Waals surface area contributed by atoms with Gasteiger partial charge in [0.25, 0.3) is 5.91 Å². The summed E-state index contributed by atoms with van der Waals surface area (Å²) in [4.78, 5) is 22.9. The Balaban J connectivity index is 2.29. The van der Waals surface area contributed by atoms with Gasteiger partial charge in [-0.15, -0.1) is 0 Å². The first kappa shape index (κ1) is 13.9. The van der Waals surface area contributed by atoms with E-state index in [0.717, 1.165) is 0 Å². The minimum Gasteiger partial charge on any atom is -0.505 e. The minimum absolute atomic E-state index is 0.0230. The summed E-state index contributed by atoms with van der Waals surface area (Å²) in [6.07, 6.45) is 0. The molecule has 0 aliphatic heterocycles. The molecule has 0 heterocycles. The second-order valence-electron chi connectivity index (χ2n) is 3.97. The predicted molar refractivity (Wildman–Crippen MR) is 74.5 cm³/mol. The topological polar surface area (TPSA) is 86.6 Å². The van der Waals surface area contributed by atoms with Gasteiger partial charge in [0.05, 0.1) is 5.69 Å². The molecule has 0 spiro atoms. The number of halogens is 1. The molecule has 0 aromatic heterocycles. The molecule has 2 aromatic rings. The van der Waals surface area contributed by atoms with E-state index in [-0.39, 0.29) is 11.3 Å². The number of rotatable bonds is 3. The maximum atomic E-state index is 12.0. The van der Waals surface area contributed by atoms with Gasteiger partial charge >= 0.3 is 5.97 Å². The van der Waals surface area contributed by atoms with E-state index in [1.54, 1.807) is 18.2 Å². The third kappa shape index (κ3) is 2.89. The summed E-state index contributed by atoms with van der Waals surface area (Å²) in [7, 11) is 0. The van der Waals surface area contributed by atoms with E-state index < -0.39 is 17.6 Å².